The molecule has 0 saturated heterocycles. The van der Waals surface area contributed by atoms with Crippen LogP contribution in [0.3, 0.4) is 0 Å². The number of benzene rings is 2. The number of para-hydroxylation sites is 1. The molecule has 3 aromatic rings. The lowest BCUT2D eigenvalue weighted by Gasteiger charge is -2.16. The van der Waals surface area contributed by atoms with Gasteiger partial charge < -0.3 is 5.32 Å². The molecule has 1 amide bonds. The molecule has 25 heavy (non-hydrogen) atoms. The second-order valence-corrected chi connectivity index (χ2v) is 6.34. The third-order valence-electron chi connectivity index (χ3n) is 4.10. The van der Waals surface area contributed by atoms with Crippen LogP contribution < -0.4 is 10.9 Å². The van der Waals surface area contributed by atoms with Gasteiger partial charge in [-0.2, -0.15) is 0 Å². The molecule has 0 aliphatic rings. The lowest BCUT2D eigenvalue weighted by molar-refractivity contribution is -0.122. The Kier molecular flexibility index (Phi) is 4.86. The minimum absolute atomic E-state index is 0.0690. The summed E-state index contributed by atoms with van der Waals surface area (Å²) in [6, 6.07) is 14.2. The molecule has 0 aliphatic heterocycles. The van der Waals surface area contributed by atoms with Crippen LogP contribution in [0.2, 0.25) is 5.02 Å². The van der Waals surface area contributed by atoms with Crippen molar-refractivity contribution >= 4 is 28.4 Å². The van der Waals surface area contributed by atoms with Crippen molar-refractivity contribution < 1.29 is 4.79 Å². The Hall–Kier alpha value is -2.66. The van der Waals surface area contributed by atoms with Crippen molar-refractivity contribution in [2.75, 3.05) is 0 Å². The monoisotopic (exact) mass is 355 g/mol. The van der Waals surface area contributed by atoms with Crippen LogP contribution in [0.25, 0.3) is 10.9 Å². The molecule has 1 N–H and O–H groups in total. The van der Waals surface area contributed by atoms with Crippen LogP contribution in [-0.4, -0.2) is 15.5 Å². The first-order chi connectivity index (χ1) is 12.0. The van der Waals surface area contributed by atoms with Crippen molar-refractivity contribution in [2.45, 2.75) is 26.4 Å². The third kappa shape index (κ3) is 3.72. The van der Waals surface area contributed by atoms with Crippen LogP contribution in [0.1, 0.15) is 24.4 Å². The maximum atomic E-state index is 12.6. The van der Waals surface area contributed by atoms with Crippen molar-refractivity contribution in [3.8, 4) is 0 Å². The molecule has 5 nitrogen and oxygen atoms in total. The van der Waals surface area contributed by atoms with E-state index >= 15 is 0 Å². The van der Waals surface area contributed by atoms with Crippen LogP contribution in [0.4, 0.5) is 0 Å². The first kappa shape index (κ1) is 17.2. The summed E-state index contributed by atoms with van der Waals surface area (Å²) in [6.45, 7) is 3.54. The van der Waals surface area contributed by atoms with Gasteiger partial charge in [0.1, 0.15) is 12.4 Å². The van der Waals surface area contributed by atoms with E-state index in [9.17, 15) is 9.59 Å². The van der Waals surface area contributed by atoms with E-state index in [1.165, 1.54) is 4.57 Å². The first-order valence-electron chi connectivity index (χ1n) is 7.96. The predicted octanol–water partition coefficient (Wildman–Crippen LogP) is 3.24. The van der Waals surface area contributed by atoms with Gasteiger partial charge in [-0.3, -0.25) is 14.2 Å². The highest BCUT2D eigenvalue weighted by molar-refractivity contribution is 6.30. The number of aryl methyl sites for hydroxylation is 1. The average Bonchev–Trinajstić information content (AvgIpc) is 2.59. The van der Waals surface area contributed by atoms with Crippen molar-refractivity contribution in [1.82, 2.24) is 14.9 Å². The highest BCUT2D eigenvalue weighted by atomic mass is 35.5. The van der Waals surface area contributed by atoms with Gasteiger partial charge in [0.25, 0.3) is 5.56 Å². The van der Waals surface area contributed by atoms with Gasteiger partial charge in [0.15, 0.2) is 0 Å². The van der Waals surface area contributed by atoms with Crippen molar-refractivity contribution in [1.29, 1.82) is 0 Å². The summed E-state index contributed by atoms with van der Waals surface area (Å²) in [6.07, 6.45) is 0. The lowest BCUT2D eigenvalue weighted by Crippen LogP contribution is -2.35. The number of nitrogens with one attached hydrogen (secondary N) is 1. The number of hydrogen-bond acceptors (Lipinski definition) is 3. The van der Waals surface area contributed by atoms with E-state index in [1.54, 1.807) is 37.3 Å². The van der Waals surface area contributed by atoms with E-state index in [0.717, 1.165) is 5.56 Å². The molecule has 1 heterocycles. The van der Waals surface area contributed by atoms with Crippen LogP contribution in [0.15, 0.2) is 53.3 Å². The van der Waals surface area contributed by atoms with E-state index in [-0.39, 0.29) is 24.1 Å². The molecule has 0 saturated carbocycles. The molecular formula is C19H18ClN3O2. The number of carbonyl (C=O) groups is 1. The summed E-state index contributed by atoms with van der Waals surface area (Å²) in [5, 5.41) is 4.05. The van der Waals surface area contributed by atoms with Gasteiger partial charge in [-0.1, -0.05) is 35.9 Å². The molecule has 1 atom stereocenters. The molecule has 6 heteroatoms. The van der Waals surface area contributed by atoms with Crippen molar-refractivity contribution in [3.05, 3.63) is 75.3 Å². The molecule has 0 bridgehead atoms. The Bertz CT molecular complexity index is 980. The molecule has 0 fully saturated rings. The summed E-state index contributed by atoms with van der Waals surface area (Å²) in [5.41, 5.74) is 1.37. The summed E-state index contributed by atoms with van der Waals surface area (Å²) < 4.78 is 1.40. The number of carbonyl (C=O) groups excluding carboxylic acids is 1. The Balaban J connectivity index is 1.80. The topological polar surface area (TPSA) is 64.0 Å². The summed E-state index contributed by atoms with van der Waals surface area (Å²) >= 11 is 5.88. The molecular weight excluding hydrogens is 338 g/mol. The fourth-order valence-electron chi connectivity index (χ4n) is 2.73. The quantitative estimate of drug-likeness (QED) is 0.781. The summed E-state index contributed by atoms with van der Waals surface area (Å²) in [5.74, 6) is 0.266. The minimum Gasteiger partial charge on any atom is -0.348 e. The second kappa shape index (κ2) is 7.07. The molecule has 1 aromatic heterocycles. The van der Waals surface area contributed by atoms with E-state index in [1.807, 2.05) is 25.1 Å². The zero-order valence-electron chi connectivity index (χ0n) is 14.0. The zero-order chi connectivity index (χ0) is 18.0. The maximum Gasteiger partial charge on any atom is 0.261 e. The molecule has 0 unspecified atom stereocenters. The third-order valence-corrected chi connectivity index (χ3v) is 4.35. The lowest BCUT2D eigenvalue weighted by atomic mass is 10.1. The number of nitrogens with zero attached hydrogens (tertiary/aromatic N) is 2. The van der Waals surface area contributed by atoms with E-state index < -0.39 is 0 Å². The summed E-state index contributed by atoms with van der Waals surface area (Å²) in [7, 11) is 0. The first-order valence-corrected chi connectivity index (χ1v) is 8.34. The molecule has 3 rings (SSSR count). The molecule has 0 aliphatic carbocycles. The number of aromatic nitrogens is 2. The average molecular weight is 356 g/mol. The SMILES string of the molecule is Cc1nc2ccccc2c(=O)n1CC(=O)N[C@H](C)c1ccc(Cl)cc1. The predicted molar refractivity (Wildman–Crippen MR) is 98.7 cm³/mol. The smallest absolute Gasteiger partial charge is 0.261 e. The number of rotatable bonds is 4. The van der Waals surface area contributed by atoms with Crippen LogP contribution in [0, 0.1) is 6.92 Å². The van der Waals surface area contributed by atoms with Crippen LogP contribution in [-0.2, 0) is 11.3 Å². The Labute approximate surface area is 150 Å². The molecule has 0 spiro atoms. The number of hydrogen-bond donors (Lipinski definition) is 1. The van der Waals surface area contributed by atoms with E-state index in [0.29, 0.717) is 21.7 Å². The number of fused-ring (bicyclic) bond motifs is 1. The highest BCUT2D eigenvalue weighted by Gasteiger charge is 2.14. The summed E-state index contributed by atoms with van der Waals surface area (Å²) in [4.78, 5) is 29.4. The van der Waals surface area contributed by atoms with Crippen molar-refractivity contribution in [2.24, 2.45) is 0 Å². The number of amides is 1. The zero-order valence-corrected chi connectivity index (χ0v) is 14.7. The van der Waals surface area contributed by atoms with E-state index in [4.69, 9.17) is 11.6 Å². The normalized spacial score (nSPS) is 12.1. The van der Waals surface area contributed by atoms with Gasteiger partial charge in [0.05, 0.1) is 16.9 Å². The largest absolute Gasteiger partial charge is 0.348 e. The van der Waals surface area contributed by atoms with Gasteiger partial charge in [-0.25, -0.2) is 4.98 Å². The van der Waals surface area contributed by atoms with Gasteiger partial charge >= 0.3 is 0 Å². The number of halogens is 1. The Morgan fingerprint density at radius 2 is 1.88 bits per heavy atom. The Morgan fingerprint density at radius 3 is 2.60 bits per heavy atom. The van der Waals surface area contributed by atoms with E-state index in [2.05, 4.69) is 10.3 Å². The molecule has 128 valence electrons. The highest BCUT2D eigenvalue weighted by Crippen LogP contribution is 2.16. The van der Waals surface area contributed by atoms with Gasteiger partial charge in [-0.05, 0) is 43.7 Å². The van der Waals surface area contributed by atoms with Gasteiger partial charge in [0, 0.05) is 5.02 Å². The van der Waals surface area contributed by atoms with Crippen LogP contribution in [0.5, 0.6) is 0 Å². The van der Waals surface area contributed by atoms with Gasteiger partial charge in [-0.15, -0.1) is 0 Å². The maximum absolute atomic E-state index is 12.6. The van der Waals surface area contributed by atoms with Crippen molar-refractivity contribution in [3.63, 3.8) is 0 Å². The standard InChI is InChI=1S/C19H18ClN3O2/c1-12(14-7-9-15(20)10-8-14)21-18(24)11-23-13(2)22-17-6-4-3-5-16(17)19(23)25/h3-10,12H,11H2,1-2H3,(H,21,24)/t12-/m1/s1. The Morgan fingerprint density at radius 1 is 1.20 bits per heavy atom. The minimum atomic E-state index is -0.246. The fourth-order valence-corrected chi connectivity index (χ4v) is 2.86. The van der Waals surface area contributed by atoms with Gasteiger partial charge in [0.2, 0.25) is 5.91 Å². The second-order valence-electron chi connectivity index (χ2n) is 5.91. The molecule has 2 aromatic carbocycles. The van der Waals surface area contributed by atoms with Crippen LogP contribution >= 0.6 is 11.6 Å². The molecule has 0 radical (unpaired) electrons. The fraction of sp³-hybridized carbons (Fsp3) is 0.211.